The van der Waals surface area contributed by atoms with Crippen LogP contribution < -0.4 is 5.73 Å². The SMILES string of the molecule is N[C@@H](CCC(=O)OC[C@H]1O[C@H](O[C@]2(CO)O[C@H](CO)[C@@H](O)[C@@H]2O)[C@H](O)[C@@H](O)[C@@H]1O)C(=O)O. The number of esters is 1. The summed E-state index contributed by atoms with van der Waals surface area (Å²) in [4.78, 5) is 22.5. The Balaban J connectivity index is 2.02. The molecule has 32 heavy (non-hydrogen) atoms. The average Bonchev–Trinajstić information content (AvgIpc) is 3.01. The van der Waals surface area contributed by atoms with Crippen molar-refractivity contribution in [2.24, 2.45) is 5.73 Å². The molecule has 0 aromatic rings. The Kier molecular flexibility index (Phi) is 9.26. The number of aliphatic hydroxyl groups is 7. The number of hydrogen-bond donors (Lipinski definition) is 9. The van der Waals surface area contributed by atoms with Crippen LogP contribution in [0.2, 0.25) is 0 Å². The van der Waals surface area contributed by atoms with E-state index in [2.05, 4.69) is 0 Å². The fourth-order valence-electron chi connectivity index (χ4n) is 3.26. The van der Waals surface area contributed by atoms with E-state index in [9.17, 15) is 45.3 Å². The molecule has 2 saturated heterocycles. The van der Waals surface area contributed by atoms with Crippen LogP contribution in [-0.4, -0.2) is 133 Å². The molecule has 0 unspecified atom stereocenters. The second-order valence-corrected chi connectivity index (χ2v) is 7.54. The minimum absolute atomic E-state index is 0.210. The molecule has 0 saturated carbocycles. The predicted molar refractivity (Wildman–Crippen MR) is 97.4 cm³/mol. The molecule has 10 N–H and O–H groups in total. The molecule has 2 fully saturated rings. The number of hydrogen-bond acceptors (Lipinski definition) is 14. The van der Waals surface area contributed by atoms with Gasteiger partial charge in [-0.2, -0.15) is 0 Å². The maximum atomic E-state index is 11.8. The molecule has 0 aromatic carbocycles. The number of ether oxygens (including phenoxy) is 4. The van der Waals surface area contributed by atoms with Gasteiger partial charge in [0.2, 0.25) is 5.79 Å². The Morgan fingerprint density at radius 1 is 1.00 bits per heavy atom. The van der Waals surface area contributed by atoms with Crippen LogP contribution in [0, 0.1) is 0 Å². The van der Waals surface area contributed by atoms with E-state index in [0.717, 1.165) is 0 Å². The van der Waals surface area contributed by atoms with Crippen molar-refractivity contribution < 1.29 is 69.4 Å². The highest BCUT2D eigenvalue weighted by atomic mass is 16.8. The third-order valence-corrected chi connectivity index (χ3v) is 5.28. The monoisotopic (exact) mass is 471 g/mol. The van der Waals surface area contributed by atoms with E-state index in [-0.39, 0.29) is 12.8 Å². The van der Waals surface area contributed by atoms with Crippen molar-refractivity contribution in [3.63, 3.8) is 0 Å². The standard InChI is InChI=1S/C17H29NO14/c18-6(15(27)28)1-2-9(21)29-4-8-10(22)12(24)13(25)16(30-8)32-17(5-20)14(26)11(23)7(3-19)31-17/h6-8,10-14,16,19-20,22-26H,1-5,18H2,(H,27,28)/t6-,7+,8+,10+,11+,12-,13+,14-,16+,17-/m0/s1. The smallest absolute Gasteiger partial charge is 0.320 e. The van der Waals surface area contributed by atoms with Crippen molar-refractivity contribution >= 4 is 11.9 Å². The quantitative estimate of drug-likeness (QED) is 0.134. The topological polar surface area (TPSA) is 259 Å². The van der Waals surface area contributed by atoms with Gasteiger partial charge in [-0.1, -0.05) is 0 Å². The molecular weight excluding hydrogens is 442 g/mol. The number of carboxylic acid groups (broad SMARTS) is 1. The molecule has 2 aliphatic rings. The van der Waals surface area contributed by atoms with Gasteiger partial charge in [-0.05, 0) is 6.42 Å². The summed E-state index contributed by atoms with van der Waals surface area (Å²) < 4.78 is 20.7. The molecular formula is C17H29NO14. The lowest BCUT2D eigenvalue weighted by Crippen LogP contribution is -2.62. The van der Waals surface area contributed by atoms with E-state index >= 15 is 0 Å². The first-order valence-corrected chi connectivity index (χ1v) is 9.74. The van der Waals surface area contributed by atoms with Gasteiger partial charge in [-0.3, -0.25) is 9.59 Å². The number of carbonyl (C=O) groups is 2. The Bertz CT molecular complexity index is 651. The molecule has 2 rings (SSSR count). The second-order valence-electron chi connectivity index (χ2n) is 7.54. The van der Waals surface area contributed by atoms with Crippen LogP contribution in [-0.2, 0) is 28.5 Å². The minimum Gasteiger partial charge on any atom is -0.480 e. The summed E-state index contributed by atoms with van der Waals surface area (Å²) in [5.41, 5.74) is 5.29. The van der Waals surface area contributed by atoms with E-state index in [0.29, 0.717) is 0 Å². The Morgan fingerprint density at radius 2 is 1.66 bits per heavy atom. The number of carboxylic acids is 1. The summed E-state index contributed by atoms with van der Waals surface area (Å²) in [5.74, 6) is -4.51. The number of aliphatic carboxylic acids is 1. The van der Waals surface area contributed by atoms with Gasteiger partial charge in [-0.15, -0.1) is 0 Å². The zero-order valence-corrected chi connectivity index (χ0v) is 16.8. The zero-order valence-electron chi connectivity index (χ0n) is 16.8. The summed E-state index contributed by atoms with van der Waals surface area (Å²) in [7, 11) is 0. The van der Waals surface area contributed by atoms with Gasteiger partial charge in [0, 0.05) is 6.42 Å². The van der Waals surface area contributed by atoms with Crippen LogP contribution in [0.1, 0.15) is 12.8 Å². The lowest BCUT2D eigenvalue weighted by molar-refractivity contribution is -0.383. The molecule has 2 heterocycles. The van der Waals surface area contributed by atoms with Crippen LogP contribution in [0.15, 0.2) is 0 Å². The predicted octanol–water partition coefficient (Wildman–Crippen LogP) is -5.65. The largest absolute Gasteiger partial charge is 0.480 e. The minimum atomic E-state index is -2.34. The lowest BCUT2D eigenvalue weighted by Gasteiger charge is -2.43. The first-order chi connectivity index (χ1) is 15.0. The molecule has 0 amide bonds. The fraction of sp³-hybridized carbons (Fsp3) is 0.882. The van der Waals surface area contributed by atoms with Crippen molar-refractivity contribution in [3.8, 4) is 0 Å². The van der Waals surface area contributed by atoms with Crippen LogP contribution in [0.5, 0.6) is 0 Å². The molecule has 15 nitrogen and oxygen atoms in total. The molecule has 0 bridgehead atoms. The summed E-state index contributed by atoms with van der Waals surface area (Å²) >= 11 is 0. The summed E-state index contributed by atoms with van der Waals surface area (Å²) in [6.45, 7) is -2.41. The summed E-state index contributed by atoms with van der Waals surface area (Å²) in [5, 5.41) is 78.1. The third kappa shape index (κ3) is 5.70. The van der Waals surface area contributed by atoms with Crippen molar-refractivity contribution in [2.45, 2.75) is 73.7 Å². The molecule has 0 radical (unpaired) electrons. The van der Waals surface area contributed by atoms with E-state index < -0.39 is 92.6 Å². The van der Waals surface area contributed by atoms with Crippen molar-refractivity contribution in [3.05, 3.63) is 0 Å². The van der Waals surface area contributed by atoms with Crippen molar-refractivity contribution in [1.82, 2.24) is 0 Å². The van der Waals surface area contributed by atoms with Gasteiger partial charge < -0.3 is 65.5 Å². The Morgan fingerprint density at radius 3 is 2.19 bits per heavy atom. The van der Waals surface area contributed by atoms with E-state index in [4.69, 9.17) is 29.8 Å². The van der Waals surface area contributed by atoms with Gasteiger partial charge in [0.1, 0.15) is 62.0 Å². The van der Waals surface area contributed by atoms with Gasteiger partial charge >= 0.3 is 11.9 Å². The number of aliphatic hydroxyl groups excluding tert-OH is 7. The fourth-order valence-corrected chi connectivity index (χ4v) is 3.26. The normalized spacial score (nSPS) is 40.8. The van der Waals surface area contributed by atoms with E-state index in [1.807, 2.05) is 0 Å². The molecule has 15 heteroatoms. The first-order valence-electron chi connectivity index (χ1n) is 9.74. The van der Waals surface area contributed by atoms with Crippen LogP contribution >= 0.6 is 0 Å². The van der Waals surface area contributed by atoms with Gasteiger partial charge in [0.05, 0.1) is 6.61 Å². The van der Waals surface area contributed by atoms with Crippen molar-refractivity contribution in [2.75, 3.05) is 19.8 Å². The lowest BCUT2D eigenvalue weighted by atomic mass is 9.99. The summed E-state index contributed by atoms with van der Waals surface area (Å²) in [6, 6.07) is -1.28. The number of carbonyl (C=O) groups excluding carboxylic acids is 1. The zero-order chi connectivity index (χ0) is 24.2. The molecule has 0 spiro atoms. The molecule has 0 aliphatic carbocycles. The van der Waals surface area contributed by atoms with Crippen LogP contribution in [0.4, 0.5) is 0 Å². The molecule has 186 valence electrons. The molecule has 0 aromatic heterocycles. The Hall–Kier alpha value is -1.50. The third-order valence-electron chi connectivity index (χ3n) is 5.28. The maximum absolute atomic E-state index is 11.8. The Labute approximate surface area is 181 Å². The molecule has 10 atom stereocenters. The second kappa shape index (κ2) is 11.1. The highest BCUT2D eigenvalue weighted by Gasteiger charge is 2.58. The first kappa shape index (κ1) is 26.7. The average molecular weight is 471 g/mol. The highest BCUT2D eigenvalue weighted by Crippen LogP contribution is 2.36. The van der Waals surface area contributed by atoms with Gasteiger partial charge in [-0.25, -0.2) is 0 Å². The number of rotatable bonds is 10. The van der Waals surface area contributed by atoms with Gasteiger partial charge in [0.25, 0.3) is 0 Å². The maximum Gasteiger partial charge on any atom is 0.320 e. The van der Waals surface area contributed by atoms with Crippen LogP contribution in [0.25, 0.3) is 0 Å². The van der Waals surface area contributed by atoms with Crippen LogP contribution in [0.3, 0.4) is 0 Å². The van der Waals surface area contributed by atoms with Gasteiger partial charge in [0.15, 0.2) is 6.29 Å². The van der Waals surface area contributed by atoms with E-state index in [1.165, 1.54) is 0 Å². The number of nitrogens with two attached hydrogens (primary N) is 1. The molecule has 2 aliphatic heterocycles. The highest BCUT2D eigenvalue weighted by molar-refractivity contribution is 5.75. The van der Waals surface area contributed by atoms with Crippen molar-refractivity contribution in [1.29, 1.82) is 0 Å². The summed E-state index contributed by atoms with van der Waals surface area (Å²) in [6.07, 6.45) is -14.2. The van der Waals surface area contributed by atoms with E-state index in [1.54, 1.807) is 0 Å².